The number of hydrogen-bond donors (Lipinski definition) is 3. The quantitative estimate of drug-likeness (QED) is 0.180. The standard InChI is InChI=1S/C37H37N3O7/c1-45-37(44)31(38-34(41)22-30-36(43)39-29(35(42)40-30)19-25-11-5-2-6-12-25)20-28-17-18-32(46-23-26-13-7-3-8-14-26)33(21-28)47-24-27-15-9-4-10-16-27/h2-18,21,29-31H,19-20,22-24H2,1H3,(H,38,41)(H,39,43)(H,40,42)/t29-,30-,31-/m0/s1. The highest BCUT2D eigenvalue weighted by atomic mass is 16.5. The van der Waals surface area contributed by atoms with E-state index < -0.39 is 35.9 Å². The molecular weight excluding hydrogens is 598 g/mol. The number of methoxy groups -OCH3 is 1. The van der Waals surface area contributed by atoms with Gasteiger partial charge >= 0.3 is 5.97 Å². The second-order valence-corrected chi connectivity index (χ2v) is 11.2. The van der Waals surface area contributed by atoms with Gasteiger partial charge in [-0.05, 0) is 34.4 Å². The third-order valence-corrected chi connectivity index (χ3v) is 7.68. The zero-order valence-corrected chi connectivity index (χ0v) is 26.0. The normalized spacial score (nSPS) is 16.3. The minimum Gasteiger partial charge on any atom is -0.485 e. The van der Waals surface area contributed by atoms with Gasteiger partial charge in [-0.1, -0.05) is 97.1 Å². The van der Waals surface area contributed by atoms with E-state index in [0.29, 0.717) is 36.7 Å². The van der Waals surface area contributed by atoms with Crippen LogP contribution < -0.4 is 25.4 Å². The lowest BCUT2D eigenvalue weighted by molar-refractivity contribution is -0.145. The molecule has 1 fully saturated rings. The number of carbonyl (C=O) groups excluding carboxylic acids is 4. The van der Waals surface area contributed by atoms with Crippen LogP contribution in [0, 0.1) is 0 Å². The maximum atomic E-state index is 13.1. The molecule has 1 aliphatic rings. The summed E-state index contributed by atoms with van der Waals surface area (Å²) < 4.78 is 17.2. The van der Waals surface area contributed by atoms with Gasteiger partial charge in [-0.3, -0.25) is 14.4 Å². The number of hydrogen-bond acceptors (Lipinski definition) is 7. The molecule has 4 aromatic carbocycles. The first kappa shape index (κ1) is 32.7. The minimum absolute atomic E-state index is 0.0848. The fraction of sp³-hybridized carbons (Fsp3) is 0.243. The fourth-order valence-corrected chi connectivity index (χ4v) is 5.21. The number of carbonyl (C=O) groups is 4. The summed E-state index contributed by atoms with van der Waals surface area (Å²) in [5.41, 5.74) is 3.54. The van der Waals surface area contributed by atoms with Gasteiger partial charge in [-0.25, -0.2) is 4.79 Å². The highest BCUT2D eigenvalue weighted by Gasteiger charge is 2.35. The van der Waals surface area contributed by atoms with Gasteiger partial charge in [0.25, 0.3) is 0 Å². The summed E-state index contributed by atoms with van der Waals surface area (Å²) in [6.45, 7) is 0.631. The molecule has 1 heterocycles. The summed E-state index contributed by atoms with van der Waals surface area (Å²) in [5, 5.41) is 8.02. The van der Waals surface area contributed by atoms with Crippen LogP contribution in [0.4, 0.5) is 0 Å². The predicted molar refractivity (Wildman–Crippen MR) is 174 cm³/mol. The summed E-state index contributed by atoms with van der Waals surface area (Å²) in [6, 6.07) is 31.2. The first-order valence-corrected chi connectivity index (χ1v) is 15.4. The maximum Gasteiger partial charge on any atom is 0.328 e. The Hall–Kier alpha value is -5.64. The SMILES string of the molecule is COC(=O)[C@H](Cc1ccc(OCc2ccccc2)c(OCc2ccccc2)c1)NC(=O)C[C@@H]1NC(=O)[C@H](Cc2ccccc2)NC1=O. The van der Waals surface area contributed by atoms with Crippen molar-refractivity contribution in [1.82, 2.24) is 16.0 Å². The fourth-order valence-electron chi connectivity index (χ4n) is 5.21. The Labute approximate surface area is 273 Å². The van der Waals surface area contributed by atoms with Crippen molar-refractivity contribution >= 4 is 23.7 Å². The largest absolute Gasteiger partial charge is 0.485 e. The number of amides is 3. The molecule has 0 saturated carbocycles. The maximum absolute atomic E-state index is 13.1. The lowest BCUT2D eigenvalue weighted by Gasteiger charge is -2.29. The number of piperazine rings is 1. The molecule has 47 heavy (non-hydrogen) atoms. The van der Waals surface area contributed by atoms with Crippen molar-refractivity contribution in [3.05, 3.63) is 131 Å². The third-order valence-electron chi connectivity index (χ3n) is 7.68. The van der Waals surface area contributed by atoms with Crippen molar-refractivity contribution in [2.24, 2.45) is 0 Å². The molecule has 1 aliphatic heterocycles. The van der Waals surface area contributed by atoms with E-state index in [2.05, 4.69) is 16.0 Å². The molecule has 0 aromatic heterocycles. The molecule has 242 valence electrons. The molecule has 10 nitrogen and oxygen atoms in total. The van der Waals surface area contributed by atoms with Crippen molar-refractivity contribution in [2.45, 2.75) is 50.6 Å². The molecule has 3 amide bonds. The molecule has 0 unspecified atom stereocenters. The van der Waals surface area contributed by atoms with Crippen LogP contribution >= 0.6 is 0 Å². The van der Waals surface area contributed by atoms with E-state index in [9.17, 15) is 19.2 Å². The molecule has 1 saturated heterocycles. The molecule has 3 N–H and O–H groups in total. The van der Waals surface area contributed by atoms with Gasteiger partial charge in [0.05, 0.1) is 13.5 Å². The molecule has 0 radical (unpaired) electrons. The van der Waals surface area contributed by atoms with Crippen molar-refractivity contribution in [3.8, 4) is 11.5 Å². The minimum atomic E-state index is -1.08. The predicted octanol–water partition coefficient (Wildman–Crippen LogP) is 3.66. The topological polar surface area (TPSA) is 132 Å². The van der Waals surface area contributed by atoms with E-state index in [1.165, 1.54) is 7.11 Å². The summed E-state index contributed by atoms with van der Waals surface area (Å²) >= 11 is 0. The number of nitrogens with one attached hydrogen (secondary N) is 3. The van der Waals surface area contributed by atoms with Crippen LogP contribution in [0.5, 0.6) is 11.5 Å². The molecule has 5 rings (SSSR count). The zero-order chi connectivity index (χ0) is 33.0. The number of esters is 1. The van der Waals surface area contributed by atoms with Gasteiger partial charge in [-0.2, -0.15) is 0 Å². The van der Waals surface area contributed by atoms with Crippen LogP contribution in [-0.4, -0.2) is 48.9 Å². The Kier molecular flexibility index (Phi) is 11.2. The van der Waals surface area contributed by atoms with Crippen molar-refractivity contribution in [2.75, 3.05) is 7.11 Å². The molecule has 3 atom stereocenters. The first-order valence-electron chi connectivity index (χ1n) is 15.4. The number of rotatable bonds is 14. The van der Waals surface area contributed by atoms with Gasteiger partial charge in [0.15, 0.2) is 11.5 Å². The van der Waals surface area contributed by atoms with Gasteiger partial charge < -0.3 is 30.2 Å². The van der Waals surface area contributed by atoms with Crippen molar-refractivity contribution in [1.29, 1.82) is 0 Å². The second kappa shape index (κ2) is 16.1. The highest BCUT2D eigenvalue weighted by molar-refractivity contribution is 5.99. The average molecular weight is 636 g/mol. The van der Waals surface area contributed by atoms with Crippen LogP contribution in [0.3, 0.4) is 0 Å². The Bertz CT molecular complexity index is 1670. The van der Waals surface area contributed by atoms with E-state index in [-0.39, 0.29) is 18.7 Å². The highest BCUT2D eigenvalue weighted by Crippen LogP contribution is 2.31. The van der Waals surface area contributed by atoms with Crippen molar-refractivity contribution in [3.63, 3.8) is 0 Å². The molecular formula is C37H37N3O7. The Morgan fingerprint density at radius 2 is 1.21 bits per heavy atom. The third kappa shape index (κ3) is 9.43. The van der Waals surface area contributed by atoms with Gasteiger partial charge in [0, 0.05) is 12.8 Å². The van der Waals surface area contributed by atoms with E-state index >= 15 is 0 Å². The van der Waals surface area contributed by atoms with E-state index in [4.69, 9.17) is 14.2 Å². The van der Waals surface area contributed by atoms with Gasteiger partial charge in [0.1, 0.15) is 31.3 Å². The Balaban J connectivity index is 1.24. The smallest absolute Gasteiger partial charge is 0.328 e. The molecule has 4 aromatic rings. The van der Waals surface area contributed by atoms with Crippen LogP contribution in [0.25, 0.3) is 0 Å². The molecule has 10 heteroatoms. The lowest BCUT2D eigenvalue weighted by atomic mass is 10.0. The number of benzene rings is 4. The molecule has 0 aliphatic carbocycles. The Morgan fingerprint density at radius 1 is 0.681 bits per heavy atom. The summed E-state index contributed by atoms with van der Waals surface area (Å²) in [7, 11) is 1.23. The van der Waals surface area contributed by atoms with Gasteiger partial charge in [-0.15, -0.1) is 0 Å². The van der Waals surface area contributed by atoms with Crippen LogP contribution in [0.2, 0.25) is 0 Å². The summed E-state index contributed by atoms with van der Waals surface area (Å²) in [4.78, 5) is 51.3. The van der Waals surface area contributed by atoms with E-state index in [1.807, 2.05) is 91.0 Å². The van der Waals surface area contributed by atoms with Crippen LogP contribution in [0.15, 0.2) is 109 Å². The van der Waals surface area contributed by atoms with Crippen LogP contribution in [0.1, 0.15) is 28.7 Å². The molecule has 0 spiro atoms. The van der Waals surface area contributed by atoms with E-state index in [0.717, 1.165) is 16.7 Å². The first-order chi connectivity index (χ1) is 22.9. The Morgan fingerprint density at radius 3 is 1.81 bits per heavy atom. The van der Waals surface area contributed by atoms with Crippen molar-refractivity contribution < 1.29 is 33.4 Å². The molecule has 0 bridgehead atoms. The number of ether oxygens (including phenoxy) is 3. The summed E-state index contributed by atoms with van der Waals surface area (Å²) in [5.74, 6) is -1.10. The van der Waals surface area contributed by atoms with Gasteiger partial charge in [0.2, 0.25) is 17.7 Å². The second-order valence-electron chi connectivity index (χ2n) is 11.2. The zero-order valence-electron chi connectivity index (χ0n) is 26.0. The summed E-state index contributed by atoms with van der Waals surface area (Å²) in [6.07, 6.45) is 0.0666. The average Bonchev–Trinajstić information content (AvgIpc) is 3.09. The lowest BCUT2D eigenvalue weighted by Crippen LogP contribution is -2.63. The monoisotopic (exact) mass is 635 g/mol. The van der Waals surface area contributed by atoms with Crippen LogP contribution in [-0.2, 0) is 50.0 Å². The van der Waals surface area contributed by atoms with E-state index in [1.54, 1.807) is 18.2 Å².